The van der Waals surface area contributed by atoms with Crippen molar-refractivity contribution in [1.82, 2.24) is 39.5 Å². The first-order valence-electron chi connectivity index (χ1n) is 27.3. The third-order valence-electron chi connectivity index (χ3n) is 18.2. The van der Waals surface area contributed by atoms with E-state index in [1.807, 2.05) is 28.3 Å². The van der Waals surface area contributed by atoms with E-state index in [-0.39, 0.29) is 53.5 Å². The number of likely N-dealkylation sites (tertiary alicyclic amines) is 3. The van der Waals surface area contributed by atoms with E-state index in [1.54, 1.807) is 6.20 Å². The quantitative estimate of drug-likeness (QED) is 0.150. The standard InChI is InChI=1S/C56H71N11O5/c1-35(2)66-34-58-45-31-44(60-51(50(45)66)59-39-9-10-39)37-7-12-43-46(28-37)67(41-29-40(30-41)62-20-5-4-6-21-62)54(72)56(43)18-25-64(26-19-56)53(71)55(3)16-23-63(24-17-55)49(69)27-36-15-22-65(33-36)47-13-8-38(32-57-47)42-11-14-48(68)61-52(42)70/h7-8,12-13,28,31-32,34-36,39-42H,4-6,9-11,14-27,29-30,33H2,1-3H3,(H,59,60)(H,61,68,70)/t36-,40-,41+,42?/m1/s1. The Morgan fingerprint density at radius 3 is 2.31 bits per heavy atom. The number of hydrogen-bond acceptors (Lipinski definition) is 11. The van der Waals surface area contributed by atoms with Gasteiger partial charge in [0.05, 0.1) is 28.9 Å². The highest BCUT2D eigenvalue weighted by molar-refractivity contribution is 6.09. The van der Waals surface area contributed by atoms with Crippen LogP contribution in [0.4, 0.5) is 17.3 Å². The van der Waals surface area contributed by atoms with E-state index in [0.29, 0.717) is 83.2 Å². The van der Waals surface area contributed by atoms with Crippen LogP contribution in [0.15, 0.2) is 48.9 Å². The van der Waals surface area contributed by atoms with Crippen LogP contribution in [0.25, 0.3) is 22.3 Å². The van der Waals surface area contributed by atoms with Gasteiger partial charge in [-0.1, -0.05) is 31.5 Å². The summed E-state index contributed by atoms with van der Waals surface area (Å²) in [5.41, 5.74) is 5.44. The fourth-order valence-electron chi connectivity index (χ4n) is 13.4. The fourth-order valence-corrected chi connectivity index (χ4v) is 13.4. The molecule has 16 nitrogen and oxygen atoms in total. The molecule has 72 heavy (non-hydrogen) atoms. The molecule has 1 spiro atoms. The van der Waals surface area contributed by atoms with E-state index in [2.05, 4.69) is 79.9 Å². The molecule has 2 atom stereocenters. The van der Waals surface area contributed by atoms with Crippen molar-refractivity contribution >= 4 is 57.9 Å². The molecule has 2 saturated carbocycles. The largest absolute Gasteiger partial charge is 0.366 e. The molecular weight excluding hydrogens is 907 g/mol. The summed E-state index contributed by atoms with van der Waals surface area (Å²) in [6, 6.07) is 13.9. The van der Waals surface area contributed by atoms with Gasteiger partial charge in [0.15, 0.2) is 5.82 Å². The van der Waals surface area contributed by atoms with Gasteiger partial charge in [0.25, 0.3) is 0 Å². The summed E-state index contributed by atoms with van der Waals surface area (Å²) in [5.74, 6) is 1.53. The minimum atomic E-state index is -0.686. The molecule has 8 aliphatic rings. The lowest BCUT2D eigenvalue weighted by Crippen LogP contribution is -2.59. The molecule has 16 heteroatoms. The first-order chi connectivity index (χ1) is 34.8. The van der Waals surface area contributed by atoms with Gasteiger partial charge < -0.3 is 34.4 Å². The van der Waals surface area contributed by atoms with Gasteiger partial charge in [-0.3, -0.25) is 29.3 Å². The molecule has 5 saturated heterocycles. The minimum absolute atomic E-state index is 0.143. The van der Waals surface area contributed by atoms with Crippen molar-refractivity contribution in [1.29, 1.82) is 0 Å². The third kappa shape index (κ3) is 8.52. The monoisotopic (exact) mass is 978 g/mol. The van der Waals surface area contributed by atoms with Crippen LogP contribution >= 0.6 is 0 Å². The smallest absolute Gasteiger partial charge is 0.238 e. The number of imide groups is 1. The number of nitrogens with one attached hydrogen (secondary N) is 2. The van der Waals surface area contributed by atoms with E-state index < -0.39 is 10.8 Å². The molecule has 1 unspecified atom stereocenters. The zero-order chi connectivity index (χ0) is 49.5. The summed E-state index contributed by atoms with van der Waals surface area (Å²) in [6.45, 7) is 12.4. The Bertz CT molecular complexity index is 2780. The molecule has 0 bridgehead atoms. The number of fused-ring (bicyclic) bond motifs is 3. The van der Waals surface area contributed by atoms with Crippen LogP contribution < -0.4 is 20.4 Å². The zero-order valence-corrected chi connectivity index (χ0v) is 42.4. The Morgan fingerprint density at radius 2 is 1.60 bits per heavy atom. The predicted molar refractivity (Wildman–Crippen MR) is 275 cm³/mol. The van der Waals surface area contributed by atoms with Crippen LogP contribution in [0.2, 0.25) is 0 Å². The number of rotatable bonds is 11. The zero-order valence-electron chi connectivity index (χ0n) is 42.4. The highest BCUT2D eigenvalue weighted by atomic mass is 16.2. The number of amides is 5. The Labute approximate surface area is 422 Å². The van der Waals surface area contributed by atoms with E-state index >= 15 is 4.79 Å². The van der Waals surface area contributed by atoms with Gasteiger partial charge in [-0.25, -0.2) is 15.0 Å². The maximum Gasteiger partial charge on any atom is 0.238 e. The highest BCUT2D eigenvalue weighted by Crippen LogP contribution is 2.53. The van der Waals surface area contributed by atoms with Crippen molar-refractivity contribution in [2.24, 2.45) is 11.3 Å². The van der Waals surface area contributed by atoms with Gasteiger partial charge in [-0.15, -0.1) is 0 Å². The van der Waals surface area contributed by atoms with Gasteiger partial charge >= 0.3 is 0 Å². The van der Waals surface area contributed by atoms with E-state index in [0.717, 1.165) is 109 Å². The topological polar surface area (TPSA) is 169 Å². The van der Waals surface area contributed by atoms with E-state index in [9.17, 15) is 19.2 Å². The van der Waals surface area contributed by atoms with Crippen LogP contribution in [-0.2, 0) is 29.4 Å². The molecule has 9 heterocycles. The normalized spacial score (nSPS) is 26.4. The predicted octanol–water partition coefficient (Wildman–Crippen LogP) is 6.94. The van der Waals surface area contributed by atoms with Crippen molar-refractivity contribution in [3.8, 4) is 11.3 Å². The van der Waals surface area contributed by atoms with Gasteiger partial charge in [0.2, 0.25) is 29.5 Å². The van der Waals surface area contributed by atoms with E-state index in [1.165, 1.54) is 19.3 Å². The van der Waals surface area contributed by atoms with Crippen LogP contribution in [-0.4, -0.2) is 134 Å². The Balaban J connectivity index is 0.702. The molecule has 6 aliphatic heterocycles. The van der Waals surface area contributed by atoms with Crippen LogP contribution in [0.5, 0.6) is 0 Å². The molecule has 5 amide bonds. The maximum atomic E-state index is 15.3. The van der Waals surface area contributed by atoms with Crippen molar-refractivity contribution in [2.45, 2.75) is 153 Å². The number of pyridine rings is 2. The molecule has 0 radical (unpaired) electrons. The maximum absolute atomic E-state index is 15.3. The number of benzene rings is 1. The average molecular weight is 978 g/mol. The number of anilines is 3. The second-order valence-electron chi connectivity index (χ2n) is 23.2. The summed E-state index contributed by atoms with van der Waals surface area (Å²) < 4.78 is 2.20. The fraction of sp³-hybridized carbons (Fsp3) is 0.607. The van der Waals surface area contributed by atoms with E-state index in [4.69, 9.17) is 9.97 Å². The molecule has 3 aromatic heterocycles. The first kappa shape index (κ1) is 47.1. The first-order valence-corrected chi connectivity index (χ1v) is 27.3. The molecule has 1 aromatic carbocycles. The summed E-state index contributed by atoms with van der Waals surface area (Å²) >= 11 is 0. The lowest BCUT2D eigenvalue weighted by Gasteiger charge is -2.48. The molecule has 2 aliphatic carbocycles. The number of imidazole rings is 1. The lowest BCUT2D eigenvalue weighted by molar-refractivity contribution is -0.149. The molecule has 7 fully saturated rings. The van der Waals surface area contributed by atoms with Crippen molar-refractivity contribution < 1.29 is 24.0 Å². The average Bonchev–Trinajstić information content (AvgIpc) is 3.79. The second kappa shape index (κ2) is 18.5. The van der Waals surface area contributed by atoms with Crippen LogP contribution in [0.3, 0.4) is 0 Å². The number of piperidine rings is 4. The second-order valence-corrected chi connectivity index (χ2v) is 23.2. The number of aromatic nitrogens is 4. The Morgan fingerprint density at radius 1 is 0.833 bits per heavy atom. The molecule has 12 rings (SSSR count). The SMILES string of the molecule is CC(C)n1cnc2cc(-c3ccc4c(c3)N([C@H]3C[C@@H](N5CCCCC5)C3)C(=O)C43CCN(C(=O)C4(C)CCN(C(=O)C[C@H]5CCN(c6ccc(C7CCC(=O)NC7=O)cn6)C5)CC4)CC3)nc(NC3CC3)c21. The number of carbonyl (C=O) groups is 5. The van der Waals surface area contributed by atoms with Gasteiger partial charge in [-0.05, 0) is 139 Å². The molecular formula is C56H71N11O5. The summed E-state index contributed by atoms with van der Waals surface area (Å²) in [6.07, 6.45) is 16.3. The minimum Gasteiger partial charge on any atom is -0.366 e. The van der Waals surface area contributed by atoms with Gasteiger partial charge in [0, 0.05) is 99.1 Å². The van der Waals surface area contributed by atoms with Gasteiger partial charge in [-0.2, -0.15) is 0 Å². The summed E-state index contributed by atoms with van der Waals surface area (Å²) in [5, 5.41) is 6.13. The number of nitrogens with zero attached hydrogens (tertiary/aromatic N) is 9. The lowest BCUT2D eigenvalue weighted by atomic mass is 9.72. The highest BCUT2D eigenvalue weighted by Gasteiger charge is 2.56. The van der Waals surface area contributed by atoms with Crippen molar-refractivity contribution in [3.05, 3.63) is 60.0 Å². The van der Waals surface area contributed by atoms with Crippen molar-refractivity contribution in [3.63, 3.8) is 0 Å². The summed E-state index contributed by atoms with van der Waals surface area (Å²) in [4.78, 5) is 93.4. The van der Waals surface area contributed by atoms with Gasteiger partial charge in [0.1, 0.15) is 11.3 Å². The number of carbonyl (C=O) groups excluding carboxylic acids is 5. The molecule has 4 aromatic rings. The van der Waals surface area contributed by atoms with Crippen LogP contribution in [0.1, 0.15) is 140 Å². The summed E-state index contributed by atoms with van der Waals surface area (Å²) in [7, 11) is 0. The Hall–Kier alpha value is -5.90. The van der Waals surface area contributed by atoms with Crippen LogP contribution in [0, 0.1) is 11.3 Å². The molecule has 2 N–H and O–H groups in total. The Kier molecular flexibility index (Phi) is 12.1. The van der Waals surface area contributed by atoms with Crippen molar-refractivity contribution in [2.75, 3.05) is 67.5 Å². The number of hydrogen-bond donors (Lipinski definition) is 2. The third-order valence-corrected chi connectivity index (χ3v) is 18.2. The molecule has 380 valence electrons.